The summed E-state index contributed by atoms with van der Waals surface area (Å²) in [5.41, 5.74) is 3.44. The number of nitrogens with one attached hydrogen (secondary N) is 1. The number of benzene rings is 2. The number of aryl methyl sites for hydroxylation is 1. The maximum Gasteiger partial charge on any atom is 0.265 e. The largest absolute Gasteiger partial charge is 0.482 e. The van der Waals surface area contributed by atoms with E-state index in [-0.39, 0.29) is 25.0 Å². The Morgan fingerprint density at radius 2 is 1.86 bits per heavy atom. The van der Waals surface area contributed by atoms with Gasteiger partial charge in [0.1, 0.15) is 12.3 Å². The van der Waals surface area contributed by atoms with Gasteiger partial charge in [0.05, 0.1) is 18.9 Å². The third-order valence-corrected chi connectivity index (χ3v) is 4.89. The van der Waals surface area contributed by atoms with Gasteiger partial charge in [-0.05, 0) is 48.9 Å². The van der Waals surface area contributed by atoms with Crippen molar-refractivity contribution < 1.29 is 19.1 Å². The molecule has 0 unspecified atom stereocenters. The molecule has 0 aliphatic carbocycles. The fourth-order valence-corrected chi connectivity index (χ4v) is 3.41. The van der Waals surface area contributed by atoms with Crippen LogP contribution < -0.4 is 19.9 Å². The molecule has 4 rings (SSSR count). The van der Waals surface area contributed by atoms with Crippen molar-refractivity contribution in [1.29, 1.82) is 0 Å². The van der Waals surface area contributed by atoms with Gasteiger partial charge in [-0.2, -0.15) is 0 Å². The Morgan fingerprint density at radius 3 is 2.61 bits per heavy atom. The third kappa shape index (κ3) is 3.94. The van der Waals surface area contributed by atoms with E-state index in [1.54, 1.807) is 0 Å². The van der Waals surface area contributed by atoms with Crippen LogP contribution in [0.4, 0.5) is 17.1 Å². The molecule has 7 nitrogen and oxygen atoms in total. The molecule has 1 fully saturated rings. The second-order valence-corrected chi connectivity index (χ2v) is 6.93. The molecule has 146 valence electrons. The molecule has 2 aliphatic rings. The van der Waals surface area contributed by atoms with Gasteiger partial charge in [-0.1, -0.05) is 6.07 Å². The molecule has 2 aliphatic heterocycles. The number of rotatable bonds is 4. The summed E-state index contributed by atoms with van der Waals surface area (Å²) >= 11 is 0. The summed E-state index contributed by atoms with van der Waals surface area (Å²) < 4.78 is 10.8. The number of hydrogen-bond acceptors (Lipinski definition) is 5. The van der Waals surface area contributed by atoms with E-state index in [4.69, 9.17) is 9.47 Å². The Labute approximate surface area is 163 Å². The lowest BCUT2D eigenvalue weighted by atomic mass is 10.1. The normalized spacial score (nSPS) is 16.4. The smallest absolute Gasteiger partial charge is 0.265 e. The Hall–Kier alpha value is -3.06. The summed E-state index contributed by atoms with van der Waals surface area (Å²) in [5.74, 6) is 0.144. The standard InChI is InChI=1S/C21H23N3O4/c1-15-2-7-19-18(12-15)24(21(26)14-28-19)13-20(25)22-16-3-5-17(6-4-16)23-8-10-27-11-9-23/h2-7,12H,8-11,13-14H2,1H3,(H,22,25). The highest BCUT2D eigenvalue weighted by molar-refractivity contribution is 6.05. The van der Waals surface area contributed by atoms with E-state index in [1.807, 2.05) is 49.4 Å². The zero-order valence-electron chi connectivity index (χ0n) is 15.8. The zero-order valence-corrected chi connectivity index (χ0v) is 15.8. The number of anilines is 3. The molecule has 2 aromatic carbocycles. The molecule has 28 heavy (non-hydrogen) atoms. The third-order valence-electron chi connectivity index (χ3n) is 4.89. The lowest BCUT2D eigenvalue weighted by molar-refractivity contribution is -0.123. The summed E-state index contributed by atoms with van der Waals surface area (Å²) in [6.07, 6.45) is 0. The van der Waals surface area contributed by atoms with Crippen molar-refractivity contribution in [3.05, 3.63) is 48.0 Å². The molecule has 1 saturated heterocycles. The second-order valence-electron chi connectivity index (χ2n) is 6.93. The molecule has 0 radical (unpaired) electrons. The van der Waals surface area contributed by atoms with Crippen molar-refractivity contribution in [2.45, 2.75) is 6.92 Å². The van der Waals surface area contributed by atoms with Gasteiger partial charge in [0.15, 0.2) is 6.61 Å². The van der Waals surface area contributed by atoms with Gasteiger partial charge in [0.2, 0.25) is 5.91 Å². The van der Waals surface area contributed by atoms with E-state index in [9.17, 15) is 9.59 Å². The van der Waals surface area contributed by atoms with Crippen molar-refractivity contribution in [3.63, 3.8) is 0 Å². The van der Waals surface area contributed by atoms with E-state index >= 15 is 0 Å². The van der Waals surface area contributed by atoms with Crippen molar-refractivity contribution in [1.82, 2.24) is 0 Å². The van der Waals surface area contributed by atoms with E-state index in [0.29, 0.717) is 17.1 Å². The first-order chi connectivity index (χ1) is 13.6. The van der Waals surface area contributed by atoms with Gasteiger partial charge in [-0.25, -0.2) is 0 Å². The van der Waals surface area contributed by atoms with Crippen LogP contribution in [-0.4, -0.2) is 51.3 Å². The Morgan fingerprint density at radius 1 is 1.11 bits per heavy atom. The highest BCUT2D eigenvalue weighted by atomic mass is 16.5. The van der Waals surface area contributed by atoms with Crippen molar-refractivity contribution in [2.24, 2.45) is 0 Å². The minimum atomic E-state index is -0.248. The molecule has 0 saturated carbocycles. The van der Waals surface area contributed by atoms with Crippen LogP contribution in [0.2, 0.25) is 0 Å². The number of nitrogens with zero attached hydrogens (tertiary/aromatic N) is 2. The van der Waals surface area contributed by atoms with Gasteiger partial charge in [0, 0.05) is 24.5 Å². The number of morpholine rings is 1. The predicted molar refractivity (Wildman–Crippen MR) is 107 cm³/mol. The van der Waals surface area contributed by atoms with Crippen LogP contribution in [0.25, 0.3) is 0 Å². The average molecular weight is 381 g/mol. The van der Waals surface area contributed by atoms with E-state index in [2.05, 4.69) is 10.2 Å². The van der Waals surface area contributed by atoms with Gasteiger partial charge < -0.3 is 19.7 Å². The molecule has 2 amide bonds. The molecule has 2 aromatic rings. The fraction of sp³-hybridized carbons (Fsp3) is 0.333. The van der Waals surface area contributed by atoms with Gasteiger partial charge in [-0.3, -0.25) is 14.5 Å². The molecular weight excluding hydrogens is 358 g/mol. The SMILES string of the molecule is Cc1ccc2c(c1)N(CC(=O)Nc1ccc(N3CCOCC3)cc1)C(=O)CO2. The van der Waals surface area contributed by atoms with Crippen LogP contribution in [-0.2, 0) is 14.3 Å². The fourth-order valence-electron chi connectivity index (χ4n) is 3.41. The minimum absolute atomic E-state index is 0.0517. The van der Waals surface area contributed by atoms with Crippen molar-refractivity contribution in [3.8, 4) is 5.75 Å². The Balaban J connectivity index is 1.42. The highest BCUT2D eigenvalue weighted by Gasteiger charge is 2.27. The average Bonchev–Trinajstić information content (AvgIpc) is 2.71. The number of carbonyl (C=O) groups excluding carboxylic acids is 2. The lowest BCUT2D eigenvalue weighted by Gasteiger charge is -2.29. The monoisotopic (exact) mass is 381 g/mol. The van der Waals surface area contributed by atoms with E-state index in [1.165, 1.54) is 4.90 Å². The van der Waals surface area contributed by atoms with Crippen LogP contribution in [0.3, 0.4) is 0 Å². The van der Waals surface area contributed by atoms with Gasteiger partial charge in [-0.15, -0.1) is 0 Å². The number of amides is 2. The zero-order chi connectivity index (χ0) is 19.5. The molecule has 0 spiro atoms. The number of fused-ring (bicyclic) bond motifs is 1. The number of hydrogen-bond donors (Lipinski definition) is 1. The maximum absolute atomic E-state index is 12.5. The van der Waals surface area contributed by atoms with Crippen molar-refractivity contribution >= 4 is 28.9 Å². The highest BCUT2D eigenvalue weighted by Crippen LogP contribution is 2.32. The lowest BCUT2D eigenvalue weighted by Crippen LogP contribution is -2.43. The second kappa shape index (κ2) is 7.90. The van der Waals surface area contributed by atoms with Crippen LogP contribution in [0.5, 0.6) is 5.75 Å². The molecule has 1 N–H and O–H groups in total. The molecule has 7 heteroatoms. The van der Waals surface area contributed by atoms with Crippen LogP contribution in [0.1, 0.15) is 5.56 Å². The van der Waals surface area contributed by atoms with E-state index in [0.717, 1.165) is 37.6 Å². The van der Waals surface area contributed by atoms with Gasteiger partial charge >= 0.3 is 0 Å². The summed E-state index contributed by atoms with van der Waals surface area (Å²) in [6.45, 7) is 5.02. The van der Waals surface area contributed by atoms with Crippen LogP contribution in [0.15, 0.2) is 42.5 Å². The summed E-state index contributed by atoms with van der Waals surface area (Å²) in [7, 11) is 0. The number of carbonyl (C=O) groups is 2. The number of ether oxygens (including phenoxy) is 2. The summed E-state index contributed by atoms with van der Waals surface area (Å²) in [4.78, 5) is 28.5. The Kier molecular flexibility index (Phi) is 5.16. The summed E-state index contributed by atoms with van der Waals surface area (Å²) in [5, 5.41) is 2.87. The van der Waals surface area contributed by atoms with Crippen LogP contribution >= 0.6 is 0 Å². The van der Waals surface area contributed by atoms with Gasteiger partial charge in [0.25, 0.3) is 5.91 Å². The van der Waals surface area contributed by atoms with Crippen LogP contribution in [0, 0.1) is 6.92 Å². The molecule has 0 bridgehead atoms. The Bertz CT molecular complexity index is 876. The first-order valence-corrected chi connectivity index (χ1v) is 9.36. The van der Waals surface area contributed by atoms with Crippen molar-refractivity contribution in [2.75, 3.05) is 54.6 Å². The maximum atomic E-state index is 12.5. The minimum Gasteiger partial charge on any atom is -0.482 e. The molecule has 0 aromatic heterocycles. The molecule has 2 heterocycles. The first kappa shape index (κ1) is 18.3. The predicted octanol–water partition coefficient (Wildman–Crippen LogP) is 2.20. The topological polar surface area (TPSA) is 71.1 Å². The first-order valence-electron chi connectivity index (χ1n) is 9.36. The summed E-state index contributed by atoms with van der Waals surface area (Å²) in [6, 6.07) is 13.3. The molecule has 0 atom stereocenters. The quantitative estimate of drug-likeness (QED) is 0.879. The van der Waals surface area contributed by atoms with E-state index < -0.39 is 0 Å². The molecular formula is C21H23N3O4.